The second-order valence-corrected chi connectivity index (χ2v) is 8.34. The maximum atomic E-state index is 12.6. The zero-order valence-electron chi connectivity index (χ0n) is 15.1. The molecule has 156 valence electrons. The number of rotatable bonds is 6. The molecule has 1 aromatic carbocycles. The molecule has 3 aromatic rings. The number of carbonyl (C=O) groups excluding carboxylic acids is 2. The molecule has 0 atom stereocenters. The van der Waals surface area contributed by atoms with E-state index in [0.29, 0.717) is 5.76 Å². The number of hydrogen-bond donors (Lipinski definition) is 3. The first-order valence-corrected chi connectivity index (χ1v) is 10.5. The topological polar surface area (TPSA) is 130 Å². The van der Waals surface area contributed by atoms with Gasteiger partial charge in [0.25, 0.3) is 11.8 Å². The number of halogens is 2. The van der Waals surface area contributed by atoms with Crippen LogP contribution in [0.15, 0.2) is 64.2 Å². The third kappa shape index (κ3) is 5.16. The fourth-order valence-electron chi connectivity index (χ4n) is 2.31. The molecule has 0 aliphatic heterocycles. The predicted molar refractivity (Wildman–Crippen MR) is 108 cm³/mol. The molecule has 3 rings (SSSR count). The summed E-state index contributed by atoms with van der Waals surface area (Å²) < 4.78 is 32.6. The highest BCUT2D eigenvalue weighted by Crippen LogP contribution is 2.28. The van der Waals surface area contributed by atoms with Crippen molar-refractivity contribution in [3.8, 4) is 0 Å². The summed E-state index contributed by atoms with van der Waals surface area (Å²) in [4.78, 5) is 27.9. The van der Waals surface area contributed by atoms with Gasteiger partial charge >= 0.3 is 0 Å². The molecule has 30 heavy (non-hydrogen) atoms. The molecular formula is C18H14Cl2N4O5S. The zero-order chi connectivity index (χ0) is 21.7. The van der Waals surface area contributed by atoms with E-state index in [4.69, 9.17) is 27.6 Å². The van der Waals surface area contributed by atoms with Gasteiger partial charge in [0, 0.05) is 6.20 Å². The Hall–Kier alpha value is -2.92. The second kappa shape index (κ2) is 9.26. The van der Waals surface area contributed by atoms with Crippen molar-refractivity contribution in [3.63, 3.8) is 0 Å². The van der Waals surface area contributed by atoms with Crippen molar-refractivity contribution >= 4 is 45.0 Å². The van der Waals surface area contributed by atoms with Gasteiger partial charge in [-0.15, -0.1) is 0 Å². The SMILES string of the molecule is O=C(NNC(=O)c1cc(S(=O)(=O)NCc2ccco2)c(Cl)cc1Cl)c1ccccn1. The Balaban J connectivity index is 1.76. The minimum atomic E-state index is -4.09. The summed E-state index contributed by atoms with van der Waals surface area (Å²) in [7, 11) is -4.09. The van der Waals surface area contributed by atoms with Crippen molar-refractivity contribution in [2.75, 3.05) is 0 Å². The highest BCUT2D eigenvalue weighted by molar-refractivity contribution is 7.89. The van der Waals surface area contributed by atoms with Gasteiger partial charge in [0.05, 0.1) is 28.4 Å². The molecule has 12 heteroatoms. The Bertz CT molecular complexity index is 1170. The molecular weight excluding hydrogens is 455 g/mol. The van der Waals surface area contributed by atoms with E-state index in [1.807, 2.05) is 0 Å². The minimum absolute atomic E-state index is 0.0744. The molecule has 0 radical (unpaired) electrons. The van der Waals surface area contributed by atoms with Gasteiger partial charge in [-0.1, -0.05) is 29.3 Å². The average molecular weight is 469 g/mol. The molecule has 3 N–H and O–H groups in total. The number of amides is 2. The summed E-state index contributed by atoms with van der Waals surface area (Å²) in [6, 6.07) is 10.0. The summed E-state index contributed by atoms with van der Waals surface area (Å²) in [6.45, 7) is -0.115. The van der Waals surface area contributed by atoms with Gasteiger partial charge in [0.2, 0.25) is 10.0 Å². The van der Waals surface area contributed by atoms with Crippen LogP contribution in [0.25, 0.3) is 0 Å². The third-order valence-electron chi connectivity index (χ3n) is 3.76. The van der Waals surface area contributed by atoms with Gasteiger partial charge in [0.15, 0.2) is 0 Å². The number of sulfonamides is 1. The Morgan fingerprint density at radius 2 is 1.77 bits per heavy atom. The van der Waals surface area contributed by atoms with E-state index >= 15 is 0 Å². The number of furan rings is 1. The van der Waals surface area contributed by atoms with E-state index in [-0.39, 0.29) is 32.7 Å². The molecule has 0 spiro atoms. The monoisotopic (exact) mass is 468 g/mol. The number of hydrogen-bond acceptors (Lipinski definition) is 6. The molecule has 0 unspecified atom stereocenters. The standard InChI is InChI=1S/C18H14Cl2N4O5S/c19-13-9-14(20)16(30(27,28)22-10-11-4-3-7-29-11)8-12(13)17(25)23-24-18(26)15-5-1-2-6-21-15/h1-9,22H,10H2,(H,23,25)(H,24,26). The highest BCUT2D eigenvalue weighted by Gasteiger charge is 2.23. The van der Waals surface area contributed by atoms with Crippen molar-refractivity contribution in [1.82, 2.24) is 20.6 Å². The maximum absolute atomic E-state index is 12.6. The van der Waals surface area contributed by atoms with Crippen molar-refractivity contribution < 1.29 is 22.4 Å². The lowest BCUT2D eigenvalue weighted by Gasteiger charge is -2.12. The lowest BCUT2D eigenvalue weighted by atomic mass is 10.2. The summed E-state index contributed by atoms with van der Waals surface area (Å²) in [5.74, 6) is -1.12. The molecule has 0 saturated carbocycles. The van der Waals surface area contributed by atoms with Crippen LogP contribution in [-0.2, 0) is 16.6 Å². The smallest absolute Gasteiger partial charge is 0.288 e. The van der Waals surface area contributed by atoms with Crippen molar-refractivity contribution in [2.24, 2.45) is 0 Å². The van der Waals surface area contributed by atoms with E-state index in [2.05, 4.69) is 20.6 Å². The van der Waals surface area contributed by atoms with Gasteiger partial charge in [-0.2, -0.15) is 0 Å². The minimum Gasteiger partial charge on any atom is -0.468 e. The van der Waals surface area contributed by atoms with Crippen molar-refractivity contribution in [1.29, 1.82) is 0 Å². The summed E-state index contributed by atoms with van der Waals surface area (Å²) in [6.07, 6.45) is 2.82. The molecule has 0 aliphatic rings. The van der Waals surface area contributed by atoms with Crippen LogP contribution in [0.3, 0.4) is 0 Å². The number of pyridine rings is 1. The van der Waals surface area contributed by atoms with Crippen LogP contribution < -0.4 is 15.6 Å². The summed E-state index contributed by atoms with van der Waals surface area (Å²) >= 11 is 12.1. The highest BCUT2D eigenvalue weighted by atomic mass is 35.5. The van der Waals surface area contributed by atoms with E-state index < -0.39 is 21.8 Å². The van der Waals surface area contributed by atoms with E-state index in [9.17, 15) is 18.0 Å². The summed E-state index contributed by atoms with van der Waals surface area (Å²) in [5, 5.41) is -0.282. The third-order valence-corrected chi connectivity index (χ3v) is 5.94. The molecule has 2 heterocycles. The average Bonchev–Trinajstić information content (AvgIpc) is 3.24. The molecule has 9 nitrogen and oxygen atoms in total. The first kappa shape index (κ1) is 21.8. The Kier molecular flexibility index (Phi) is 6.73. The normalized spacial score (nSPS) is 11.1. The number of nitrogens with one attached hydrogen (secondary N) is 3. The van der Waals surface area contributed by atoms with E-state index in [1.54, 1.807) is 24.3 Å². The first-order valence-electron chi connectivity index (χ1n) is 8.31. The van der Waals surface area contributed by atoms with Crippen LogP contribution in [0.4, 0.5) is 0 Å². The fourth-order valence-corrected chi connectivity index (χ4v) is 4.16. The van der Waals surface area contributed by atoms with Crippen LogP contribution >= 0.6 is 23.2 Å². The molecule has 0 saturated heterocycles. The molecule has 0 fully saturated rings. The summed E-state index contributed by atoms with van der Waals surface area (Å²) in [5.41, 5.74) is 4.19. The Labute approximate surface area is 181 Å². The van der Waals surface area contributed by atoms with Crippen LogP contribution in [-0.4, -0.2) is 25.2 Å². The van der Waals surface area contributed by atoms with Crippen LogP contribution in [0.2, 0.25) is 10.0 Å². The van der Waals surface area contributed by atoms with Gasteiger partial charge < -0.3 is 4.42 Å². The van der Waals surface area contributed by atoms with E-state index in [0.717, 1.165) is 12.1 Å². The van der Waals surface area contributed by atoms with Crippen molar-refractivity contribution in [2.45, 2.75) is 11.4 Å². The number of benzene rings is 1. The lowest BCUT2D eigenvalue weighted by Crippen LogP contribution is -2.42. The number of hydrazine groups is 1. The van der Waals surface area contributed by atoms with E-state index in [1.165, 1.54) is 18.5 Å². The fraction of sp³-hybridized carbons (Fsp3) is 0.0556. The lowest BCUT2D eigenvalue weighted by molar-refractivity contribution is 0.0844. The van der Waals surface area contributed by atoms with Crippen LogP contribution in [0.5, 0.6) is 0 Å². The second-order valence-electron chi connectivity index (χ2n) is 5.79. The predicted octanol–water partition coefficient (Wildman–Crippen LogP) is 2.53. The largest absolute Gasteiger partial charge is 0.468 e. The zero-order valence-corrected chi connectivity index (χ0v) is 17.4. The number of nitrogens with zero attached hydrogens (tertiary/aromatic N) is 1. The Morgan fingerprint density at radius 3 is 2.43 bits per heavy atom. The van der Waals surface area contributed by atoms with Gasteiger partial charge in [-0.3, -0.25) is 25.4 Å². The van der Waals surface area contributed by atoms with Gasteiger partial charge in [0.1, 0.15) is 16.3 Å². The van der Waals surface area contributed by atoms with Crippen LogP contribution in [0, 0.1) is 0 Å². The molecule has 2 amide bonds. The molecule has 0 bridgehead atoms. The molecule has 0 aliphatic carbocycles. The number of carbonyl (C=O) groups is 2. The van der Waals surface area contributed by atoms with Crippen molar-refractivity contribution in [3.05, 3.63) is 82.0 Å². The van der Waals surface area contributed by atoms with Gasteiger partial charge in [-0.05, 0) is 36.4 Å². The Morgan fingerprint density at radius 1 is 1.00 bits per heavy atom. The first-order chi connectivity index (χ1) is 14.3. The van der Waals surface area contributed by atoms with Gasteiger partial charge in [-0.25, -0.2) is 13.1 Å². The van der Waals surface area contributed by atoms with Crippen LogP contribution in [0.1, 0.15) is 26.6 Å². The maximum Gasteiger partial charge on any atom is 0.288 e. The number of aromatic nitrogens is 1. The quantitative estimate of drug-likeness (QED) is 0.476. The molecule has 2 aromatic heterocycles.